The van der Waals surface area contributed by atoms with E-state index in [2.05, 4.69) is 0 Å². The first-order valence-corrected chi connectivity index (χ1v) is 6.91. The van der Waals surface area contributed by atoms with Gasteiger partial charge >= 0.3 is 0 Å². The van der Waals surface area contributed by atoms with Gasteiger partial charge in [0.1, 0.15) is 11.5 Å². The monoisotopic (exact) mass is 269 g/mol. The molecule has 100 valence electrons. The van der Waals surface area contributed by atoms with Crippen LogP contribution in [0, 0.1) is 0 Å². The third kappa shape index (κ3) is 2.43. The van der Waals surface area contributed by atoms with Crippen LogP contribution in [0.4, 0.5) is 0 Å². The molecule has 0 amide bonds. The summed E-state index contributed by atoms with van der Waals surface area (Å²) < 4.78 is 10.8. The Morgan fingerprint density at radius 3 is 2.61 bits per heavy atom. The molecule has 1 heterocycles. The fourth-order valence-corrected chi connectivity index (χ4v) is 3.53. The summed E-state index contributed by atoms with van der Waals surface area (Å²) in [5.41, 5.74) is 5.84. The normalized spacial score (nSPS) is 23.1. The minimum Gasteiger partial charge on any atom is -0.496 e. The molecule has 1 aromatic carbocycles. The van der Waals surface area contributed by atoms with Crippen molar-refractivity contribution in [3.63, 3.8) is 0 Å². The largest absolute Gasteiger partial charge is 0.496 e. The fraction of sp³-hybridized carbons (Fsp3) is 0.538. The van der Waals surface area contributed by atoms with Crippen molar-refractivity contribution in [1.82, 2.24) is 0 Å². The lowest BCUT2D eigenvalue weighted by atomic mass is 9.91. The molecular formula is C13H19NO3S. The molecule has 0 spiro atoms. The third-order valence-corrected chi connectivity index (χ3v) is 4.47. The summed E-state index contributed by atoms with van der Waals surface area (Å²) >= 11 is 1.69. The lowest BCUT2D eigenvalue weighted by Crippen LogP contribution is -2.40. The van der Waals surface area contributed by atoms with Gasteiger partial charge in [0.05, 0.1) is 24.7 Å². The van der Waals surface area contributed by atoms with Gasteiger partial charge in [-0.15, -0.1) is 11.8 Å². The van der Waals surface area contributed by atoms with Crippen molar-refractivity contribution in [3.05, 3.63) is 17.7 Å². The number of fused-ring (bicyclic) bond motifs is 1. The Bertz CT molecular complexity index is 438. The van der Waals surface area contributed by atoms with E-state index in [4.69, 9.17) is 15.2 Å². The maximum atomic E-state index is 10.5. The summed E-state index contributed by atoms with van der Waals surface area (Å²) in [7, 11) is 3.29. The van der Waals surface area contributed by atoms with Gasteiger partial charge < -0.3 is 20.3 Å². The van der Waals surface area contributed by atoms with Crippen LogP contribution in [0.15, 0.2) is 17.0 Å². The molecule has 5 heteroatoms. The van der Waals surface area contributed by atoms with Crippen LogP contribution in [0.3, 0.4) is 0 Å². The molecule has 0 aliphatic carbocycles. The van der Waals surface area contributed by atoms with Gasteiger partial charge in [-0.3, -0.25) is 0 Å². The number of thioether (sulfide) groups is 1. The molecule has 0 fully saturated rings. The zero-order valence-electron chi connectivity index (χ0n) is 10.7. The van der Waals surface area contributed by atoms with Crippen LogP contribution in [-0.4, -0.2) is 37.2 Å². The number of ether oxygens (including phenoxy) is 2. The van der Waals surface area contributed by atoms with Crippen LogP contribution < -0.4 is 15.2 Å². The lowest BCUT2D eigenvalue weighted by Gasteiger charge is -2.25. The van der Waals surface area contributed by atoms with Crippen molar-refractivity contribution >= 4 is 11.8 Å². The molecule has 18 heavy (non-hydrogen) atoms. The van der Waals surface area contributed by atoms with E-state index in [1.54, 1.807) is 26.0 Å². The summed E-state index contributed by atoms with van der Waals surface area (Å²) in [5.74, 6) is 2.44. The maximum absolute atomic E-state index is 10.5. The number of benzene rings is 1. The zero-order valence-corrected chi connectivity index (χ0v) is 11.5. The van der Waals surface area contributed by atoms with Crippen LogP contribution >= 0.6 is 11.8 Å². The average Bonchev–Trinajstić information content (AvgIpc) is 2.57. The summed E-state index contributed by atoms with van der Waals surface area (Å²) in [4.78, 5) is 1.06. The average molecular weight is 269 g/mol. The van der Waals surface area contributed by atoms with Gasteiger partial charge in [0.15, 0.2) is 0 Å². The first-order chi connectivity index (χ1) is 8.63. The van der Waals surface area contributed by atoms with Gasteiger partial charge in [0, 0.05) is 24.3 Å². The van der Waals surface area contributed by atoms with E-state index < -0.39 is 5.60 Å². The molecule has 1 aliphatic rings. The Hall–Kier alpha value is -0.910. The molecule has 0 aromatic heterocycles. The van der Waals surface area contributed by atoms with Crippen LogP contribution in [0.5, 0.6) is 11.5 Å². The molecular weight excluding hydrogens is 250 g/mol. The Labute approximate surface area is 111 Å². The summed E-state index contributed by atoms with van der Waals surface area (Å²) in [6.07, 6.45) is 1.18. The Kier molecular flexibility index (Phi) is 4.04. The van der Waals surface area contributed by atoms with E-state index in [-0.39, 0.29) is 6.54 Å². The highest BCUT2D eigenvalue weighted by atomic mass is 32.2. The van der Waals surface area contributed by atoms with Gasteiger partial charge in [-0.05, 0) is 18.6 Å². The molecule has 0 radical (unpaired) electrons. The van der Waals surface area contributed by atoms with Gasteiger partial charge in [-0.25, -0.2) is 0 Å². The van der Waals surface area contributed by atoms with E-state index in [0.29, 0.717) is 12.8 Å². The van der Waals surface area contributed by atoms with E-state index in [1.165, 1.54) is 0 Å². The van der Waals surface area contributed by atoms with Gasteiger partial charge in [-0.1, -0.05) is 0 Å². The Morgan fingerprint density at radius 1 is 1.33 bits per heavy atom. The molecule has 1 aromatic rings. The fourth-order valence-electron chi connectivity index (χ4n) is 2.20. The minimum atomic E-state index is -0.849. The molecule has 4 nitrogen and oxygen atoms in total. The highest BCUT2D eigenvalue weighted by Gasteiger charge is 2.32. The number of nitrogens with two attached hydrogens (primary N) is 1. The topological polar surface area (TPSA) is 64.7 Å². The Balaban J connectivity index is 2.50. The van der Waals surface area contributed by atoms with E-state index in [9.17, 15) is 5.11 Å². The highest BCUT2D eigenvalue weighted by molar-refractivity contribution is 7.99. The first kappa shape index (κ1) is 13.5. The first-order valence-electron chi connectivity index (χ1n) is 5.92. The molecule has 0 saturated heterocycles. The third-order valence-electron chi connectivity index (χ3n) is 3.32. The molecule has 1 atom stereocenters. The van der Waals surface area contributed by atoms with Gasteiger partial charge in [0.2, 0.25) is 0 Å². The SMILES string of the molecule is COc1ccc(OC)c2c1CC(O)(CN)CCS2. The second-order valence-corrected chi connectivity index (χ2v) is 5.59. The number of methoxy groups -OCH3 is 2. The van der Waals surface area contributed by atoms with Crippen molar-refractivity contribution in [2.75, 3.05) is 26.5 Å². The second-order valence-electron chi connectivity index (χ2n) is 4.48. The summed E-state index contributed by atoms with van der Waals surface area (Å²) in [6, 6.07) is 3.78. The van der Waals surface area contributed by atoms with Crippen LogP contribution in [-0.2, 0) is 6.42 Å². The molecule has 1 aliphatic heterocycles. The number of hydrogen-bond acceptors (Lipinski definition) is 5. The van der Waals surface area contributed by atoms with E-state index >= 15 is 0 Å². The van der Waals surface area contributed by atoms with E-state index in [1.807, 2.05) is 12.1 Å². The van der Waals surface area contributed by atoms with E-state index in [0.717, 1.165) is 27.7 Å². The van der Waals surface area contributed by atoms with Gasteiger partial charge in [0.25, 0.3) is 0 Å². The standard InChI is InChI=1S/C13H19NO3S/c1-16-10-3-4-11(17-2)12-9(10)7-13(15,8-14)5-6-18-12/h3-4,15H,5-8,14H2,1-2H3. The second kappa shape index (κ2) is 5.38. The maximum Gasteiger partial charge on any atom is 0.132 e. The molecule has 0 bridgehead atoms. The molecule has 3 N–H and O–H groups in total. The summed E-state index contributed by atoms with van der Waals surface area (Å²) in [5, 5.41) is 10.5. The Morgan fingerprint density at radius 2 is 2.00 bits per heavy atom. The predicted molar refractivity (Wildman–Crippen MR) is 72.6 cm³/mol. The van der Waals surface area contributed by atoms with Crippen LogP contribution in [0.2, 0.25) is 0 Å². The van der Waals surface area contributed by atoms with Gasteiger partial charge in [-0.2, -0.15) is 0 Å². The smallest absolute Gasteiger partial charge is 0.132 e. The van der Waals surface area contributed by atoms with Crippen molar-refractivity contribution in [2.45, 2.75) is 23.3 Å². The highest BCUT2D eigenvalue weighted by Crippen LogP contribution is 2.43. The quantitative estimate of drug-likeness (QED) is 0.869. The summed E-state index contributed by atoms with van der Waals surface area (Å²) in [6.45, 7) is 0.257. The lowest BCUT2D eigenvalue weighted by molar-refractivity contribution is 0.0464. The number of hydrogen-bond donors (Lipinski definition) is 2. The van der Waals surface area contributed by atoms with Crippen LogP contribution in [0.1, 0.15) is 12.0 Å². The minimum absolute atomic E-state index is 0.257. The number of rotatable bonds is 3. The predicted octanol–water partition coefficient (Wildman–Crippen LogP) is 1.43. The van der Waals surface area contributed by atoms with Crippen LogP contribution in [0.25, 0.3) is 0 Å². The van der Waals surface area contributed by atoms with Crippen molar-refractivity contribution < 1.29 is 14.6 Å². The number of aliphatic hydroxyl groups is 1. The van der Waals surface area contributed by atoms with Crippen molar-refractivity contribution in [3.8, 4) is 11.5 Å². The molecule has 2 rings (SSSR count). The molecule has 0 saturated carbocycles. The van der Waals surface area contributed by atoms with Crippen molar-refractivity contribution in [1.29, 1.82) is 0 Å². The zero-order chi connectivity index (χ0) is 13.2. The molecule has 1 unspecified atom stereocenters. The van der Waals surface area contributed by atoms with Crippen molar-refractivity contribution in [2.24, 2.45) is 5.73 Å².